The highest BCUT2D eigenvalue weighted by Gasteiger charge is 2.37. The van der Waals surface area contributed by atoms with E-state index < -0.39 is 0 Å². The first-order valence-electron chi connectivity index (χ1n) is 9.30. The fourth-order valence-corrected chi connectivity index (χ4v) is 4.01. The van der Waals surface area contributed by atoms with E-state index in [0.29, 0.717) is 13.1 Å². The van der Waals surface area contributed by atoms with Gasteiger partial charge in [0.1, 0.15) is 5.84 Å². The molecule has 25 heavy (non-hydrogen) atoms. The molecule has 0 spiro atoms. The quantitative estimate of drug-likeness (QED) is 0.790. The Morgan fingerprint density at radius 1 is 1.20 bits per heavy atom. The number of hydrogen-bond acceptors (Lipinski definition) is 4. The standard InChI is InChI=1S/C20H26N4O/c1-20(2)8-5-3-4-6-15-10-16(7-9-21-15)23-18-17-13-24(19(20)25)12-14(17)11-22-18/h7,9-10H,3-6,8,11-13H2,1-2H3,(H,22,23). The number of aliphatic imine (C=N–C) groups is 1. The Morgan fingerprint density at radius 3 is 2.96 bits per heavy atom. The second kappa shape index (κ2) is 6.28. The van der Waals surface area contributed by atoms with Crippen molar-refractivity contribution in [2.45, 2.75) is 46.0 Å². The van der Waals surface area contributed by atoms with Crippen molar-refractivity contribution in [2.75, 3.05) is 25.0 Å². The van der Waals surface area contributed by atoms with Crippen LogP contribution in [0.1, 0.15) is 45.2 Å². The molecule has 132 valence electrons. The largest absolute Gasteiger partial charge is 0.340 e. The highest BCUT2D eigenvalue weighted by Crippen LogP contribution is 2.32. The first-order valence-corrected chi connectivity index (χ1v) is 9.30. The predicted molar refractivity (Wildman–Crippen MR) is 99.7 cm³/mol. The Bertz CT molecular complexity index is 763. The maximum atomic E-state index is 13.0. The molecular formula is C20H26N4O. The number of pyridine rings is 1. The van der Waals surface area contributed by atoms with Crippen LogP contribution in [-0.2, 0) is 11.2 Å². The summed E-state index contributed by atoms with van der Waals surface area (Å²) < 4.78 is 0. The summed E-state index contributed by atoms with van der Waals surface area (Å²) in [7, 11) is 0. The van der Waals surface area contributed by atoms with Crippen LogP contribution in [0.2, 0.25) is 0 Å². The van der Waals surface area contributed by atoms with E-state index in [9.17, 15) is 4.79 Å². The molecule has 0 aliphatic carbocycles. The first-order chi connectivity index (χ1) is 12.0. The van der Waals surface area contributed by atoms with Gasteiger partial charge in [0.15, 0.2) is 0 Å². The van der Waals surface area contributed by atoms with Gasteiger partial charge in [0, 0.05) is 41.7 Å². The summed E-state index contributed by atoms with van der Waals surface area (Å²) in [5.74, 6) is 1.20. The highest BCUT2D eigenvalue weighted by molar-refractivity contribution is 6.11. The third-order valence-electron chi connectivity index (χ3n) is 5.55. The molecule has 4 heterocycles. The molecule has 3 aliphatic heterocycles. The molecule has 0 saturated heterocycles. The average molecular weight is 338 g/mol. The highest BCUT2D eigenvalue weighted by atomic mass is 16.2. The number of rotatable bonds is 0. The van der Waals surface area contributed by atoms with Crippen molar-refractivity contribution in [3.8, 4) is 0 Å². The molecule has 1 N–H and O–H groups in total. The molecule has 5 nitrogen and oxygen atoms in total. The average Bonchev–Trinajstić information content (AvgIpc) is 3.15. The number of fused-ring (bicyclic) bond motifs is 3. The van der Waals surface area contributed by atoms with Crippen LogP contribution in [0.3, 0.4) is 0 Å². The van der Waals surface area contributed by atoms with Crippen molar-refractivity contribution in [1.82, 2.24) is 9.88 Å². The Kier molecular flexibility index (Phi) is 4.10. The minimum absolute atomic E-state index is 0.276. The molecule has 4 bridgehead atoms. The van der Waals surface area contributed by atoms with E-state index >= 15 is 0 Å². The molecule has 1 aromatic heterocycles. The van der Waals surface area contributed by atoms with Gasteiger partial charge in [0.25, 0.3) is 0 Å². The lowest BCUT2D eigenvalue weighted by atomic mass is 9.85. The molecule has 0 fully saturated rings. The molecule has 1 aromatic rings. The minimum atomic E-state index is -0.291. The van der Waals surface area contributed by atoms with Crippen LogP contribution in [0.25, 0.3) is 0 Å². The van der Waals surface area contributed by atoms with Crippen LogP contribution in [-0.4, -0.2) is 41.3 Å². The molecule has 3 aliphatic rings. The van der Waals surface area contributed by atoms with Gasteiger partial charge in [-0.25, -0.2) is 0 Å². The molecule has 0 unspecified atom stereocenters. The van der Waals surface area contributed by atoms with E-state index in [1.165, 1.54) is 11.1 Å². The lowest BCUT2D eigenvalue weighted by Crippen LogP contribution is -2.41. The molecule has 0 atom stereocenters. The molecule has 0 saturated carbocycles. The van der Waals surface area contributed by atoms with Crippen molar-refractivity contribution in [3.05, 3.63) is 35.2 Å². The lowest BCUT2D eigenvalue weighted by molar-refractivity contribution is -0.139. The normalized spacial score (nSPS) is 23.0. The first kappa shape index (κ1) is 16.3. The monoisotopic (exact) mass is 338 g/mol. The Labute approximate surface area is 149 Å². The number of carbonyl (C=O) groups excluding carboxylic acids is 1. The predicted octanol–water partition coefficient (Wildman–Crippen LogP) is 3.19. The van der Waals surface area contributed by atoms with Gasteiger partial charge in [0.2, 0.25) is 5.91 Å². The molecule has 0 aromatic carbocycles. The van der Waals surface area contributed by atoms with E-state index in [1.54, 1.807) is 0 Å². The molecule has 0 radical (unpaired) electrons. The van der Waals surface area contributed by atoms with Gasteiger partial charge in [-0.1, -0.05) is 26.7 Å². The molecule has 4 rings (SSSR count). The van der Waals surface area contributed by atoms with Crippen molar-refractivity contribution >= 4 is 17.4 Å². The van der Waals surface area contributed by atoms with Crippen molar-refractivity contribution < 1.29 is 4.79 Å². The zero-order valence-electron chi connectivity index (χ0n) is 15.1. The summed E-state index contributed by atoms with van der Waals surface area (Å²) in [5, 5.41) is 3.46. The number of nitrogens with zero attached hydrogens (tertiary/aromatic N) is 3. The number of nitrogens with one attached hydrogen (secondary N) is 1. The molecular weight excluding hydrogens is 312 g/mol. The van der Waals surface area contributed by atoms with Gasteiger partial charge in [-0.3, -0.25) is 14.8 Å². The van der Waals surface area contributed by atoms with Gasteiger partial charge in [0.05, 0.1) is 6.54 Å². The van der Waals surface area contributed by atoms with Crippen molar-refractivity contribution in [3.63, 3.8) is 0 Å². The number of anilines is 1. The van der Waals surface area contributed by atoms with Gasteiger partial charge >= 0.3 is 0 Å². The van der Waals surface area contributed by atoms with E-state index in [1.807, 2.05) is 17.2 Å². The van der Waals surface area contributed by atoms with Crippen molar-refractivity contribution in [2.24, 2.45) is 10.4 Å². The number of carbonyl (C=O) groups is 1. The number of aromatic nitrogens is 1. The van der Waals surface area contributed by atoms with Crippen molar-refractivity contribution in [1.29, 1.82) is 0 Å². The van der Waals surface area contributed by atoms with Gasteiger partial charge in [-0.05, 0) is 37.0 Å². The minimum Gasteiger partial charge on any atom is -0.340 e. The molecule has 5 heteroatoms. The van der Waals surface area contributed by atoms with E-state index in [2.05, 4.69) is 35.2 Å². The second-order valence-electron chi connectivity index (χ2n) is 8.01. The SMILES string of the molecule is CC1(C)CCCCCc2cc(ccn2)NC2=NCC3=C2CN(C3)C1=O. The fourth-order valence-electron chi connectivity index (χ4n) is 4.01. The van der Waals surface area contributed by atoms with Crippen LogP contribution in [0, 0.1) is 5.41 Å². The summed E-state index contributed by atoms with van der Waals surface area (Å²) in [6.07, 6.45) is 7.13. The summed E-state index contributed by atoms with van der Waals surface area (Å²) in [6, 6.07) is 4.12. The Balaban J connectivity index is 1.62. The lowest BCUT2D eigenvalue weighted by Gasteiger charge is -2.30. The third kappa shape index (κ3) is 3.20. The van der Waals surface area contributed by atoms with E-state index in [-0.39, 0.29) is 11.3 Å². The van der Waals surface area contributed by atoms with Crippen LogP contribution in [0.5, 0.6) is 0 Å². The maximum Gasteiger partial charge on any atom is 0.228 e. The van der Waals surface area contributed by atoms with Crippen LogP contribution in [0.4, 0.5) is 5.69 Å². The fraction of sp³-hybridized carbons (Fsp3) is 0.550. The number of hydrogen-bond donors (Lipinski definition) is 1. The number of aryl methyl sites for hydroxylation is 1. The number of amides is 1. The van der Waals surface area contributed by atoms with E-state index in [4.69, 9.17) is 0 Å². The van der Waals surface area contributed by atoms with Crippen LogP contribution in [0.15, 0.2) is 34.5 Å². The second-order valence-corrected chi connectivity index (χ2v) is 8.01. The third-order valence-corrected chi connectivity index (χ3v) is 5.55. The summed E-state index contributed by atoms with van der Waals surface area (Å²) in [6.45, 7) is 6.30. The molecule has 1 amide bonds. The van der Waals surface area contributed by atoms with Gasteiger partial charge < -0.3 is 10.2 Å². The number of amidine groups is 1. The summed E-state index contributed by atoms with van der Waals surface area (Å²) in [4.78, 5) is 24.2. The van der Waals surface area contributed by atoms with Crippen LogP contribution < -0.4 is 5.32 Å². The summed E-state index contributed by atoms with van der Waals surface area (Å²) in [5.41, 5.74) is 4.36. The zero-order valence-corrected chi connectivity index (χ0v) is 15.1. The maximum absolute atomic E-state index is 13.0. The smallest absolute Gasteiger partial charge is 0.228 e. The topological polar surface area (TPSA) is 57.6 Å². The van der Waals surface area contributed by atoms with Crippen LogP contribution >= 0.6 is 0 Å². The van der Waals surface area contributed by atoms with Gasteiger partial charge in [-0.15, -0.1) is 0 Å². The van der Waals surface area contributed by atoms with E-state index in [0.717, 1.165) is 55.9 Å². The van der Waals surface area contributed by atoms with Gasteiger partial charge in [-0.2, -0.15) is 0 Å². The summed E-state index contributed by atoms with van der Waals surface area (Å²) >= 11 is 0. The Hall–Kier alpha value is -2.17. The zero-order chi connectivity index (χ0) is 17.4. The Morgan fingerprint density at radius 2 is 2.08 bits per heavy atom.